The summed E-state index contributed by atoms with van der Waals surface area (Å²) in [5, 5.41) is 2.48. The maximum Gasteiger partial charge on any atom is 0.417 e. The third-order valence-corrected chi connectivity index (χ3v) is 3.36. The van der Waals surface area contributed by atoms with E-state index < -0.39 is 23.6 Å². The number of alkyl halides is 3. The number of ether oxygens (including phenoxy) is 1. The highest BCUT2D eigenvalue weighted by atomic mass is 19.4. The summed E-state index contributed by atoms with van der Waals surface area (Å²) >= 11 is 0. The van der Waals surface area contributed by atoms with Crippen molar-refractivity contribution in [1.82, 2.24) is 5.32 Å². The Kier molecular flexibility index (Phi) is 6.02. The molecule has 0 heterocycles. The van der Waals surface area contributed by atoms with E-state index in [0.29, 0.717) is 5.56 Å². The third-order valence-electron chi connectivity index (χ3n) is 3.36. The molecule has 2 aromatic carbocycles. The van der Waals surface area contributed by atoms with E-state index in [1.807, 2.05) is 0 Å². The van der Waals surface area contributed by atoms with E-state index in [9.17, 15) is 22.8 Å². The fourth-order valence-electron chi connectivity index (χ4n) is 2.08. The molecule has 4 nitrogen and oxygen atoms in total. The zero-order chi connectivity index (χ0) is 19.2. The number of halogens is 3. The molecule has 2 rings (SSSR count). The second-order valence-corrected chi connectivity index (χ2v) is 5.10. The van der Waals surface area contributed by atoms with Gasteiger partial charge in [0.15, 0.2) is 0 Å². The lowest BCUT2D eigenvalue weighted by Gasteiger charge is -2.08. The number of rotatable bonds is 3. The number of methoxy groups -OCH3 is 1. The summed E-state index contributed by atoms with van der Waals surface area (Å²) < 4.78 is 43.1. The second-order valence-electron chi connectivity index (χ2n) is 5.10. The maximum absolute atomic E-state index is 12.9. The van der Waals surface area contributed by atoms with Gasteiger partial charge in [-0.25, -0.2) is 4.79 Å². The first-order valence-corrected chi connectivity index (χ1v) is 7.44. The summed E-state index contributed by atoms with van der Waals surface area (Å²) in [5.74, 6) is 3.93. The van der Waals surface area contributed by atoms with Gasteiger partial charge in [-0.3, -0.25) is 4.79 Å². The van der Waals surface area contributed by atoms with Gasteiger partial charge >= 0.3 is 12.1 Å². The molecule has 0 saturated carbocycles. The standard InChI is InChI=1S/C19H14F3NO3/c1-26-18(25)15-10-8-14(9-11-15)17(24)23-12-4-6-13-5-2-3-7-16(13)19(20,21)22/h2-3,5,7-11H,12H2,1H3,(H,23,24). The fraction of sp³-hybridized carbons (Fsp3) is 0.158. The first kappa shape index (κ1) is 19.1. The van der Waals surface area contributed by atoms with Crippen LogP contribution in [-0.2, 0) is 10.9 Å². The average Bonchev–Trinajstić information content (AvgIpc) is 2.64. The lowest BCUT2D eigenvalue weighted by Crippen LogP contribution is -2.23. The molecule has 0 unspecified atom stereocenters. The Morgan fingerprint density at radius 2 is 1.65 bits per heavy atom. The summed E-state index contributed by atoms with van der Waals surface area (Å²) in [7, 11) is 1.25. The number of carbonyl (C=O) groups is 2. The summed E-state index contributed by atoms with van der Waals surface area (Å²) in [6, 6.07) is 10.7. The Labute approximate surface area is 148 Å². The van der Waals surface area contributed by atoms with Crippen molar-refractivity contribution < 1.29 is 27.5 Å². The van der Waals surface area contributed by atoms with Gasteiger partial charge in [-0.15, -0.1) is 0 Å². The van der Waals surface area contributed by atoms with Crippen LogP contribution in [0.5, 0.6) is 0 Å². The minimum absolute atomic E-state index is 0.121. The smallest absolute Gasteiger partial charge is 0.417 e. The minimum atomic E-state index is -4.49. The van der Waals surface area contributed by atoms with Crippen molar-refractivity contribution in [3.63, 3.8) is 0 Å². The molecule has 0 saturated heterocycles. The Balaban J connectivity index is 2.00. The molecule has 7 heteroatoms. The SMILES string of the molecule is COC(=O)c1ccc(C(=O)NCC#Cc2ccccc2C(F)(F)F)cc1. The molecule has 1 N–H and O–H groups in total. The molecule has 0 atom stereocenters. The summed E-state index contributed by atoms with van der Waals surface area (Å²) in [6.45, 7) is -0.121. The van der Waals surface area contributed by atoms with Crippen molar-refractivity contribution in [1.29, 1.82) is 0 Å². The zero-order valence-corrected chi connectivity index (χ0v) is 13.7. The predicted molar refractivity (Wildman–Crippen MR) is 88.4 cm³/mol. The number of esters is 1. The molecule has 0 fully saturated rings. The quantitative estimate of drug-likeness (QED) is 0.674. The van der Waals surface area contributed by atoms with E-state index >= 15 is 0 Å². The van der Waals surface area contributed by atoms with Crippen molar-refractivity contribution >= 4 is 11.9 Å². The Bertz CT molecular complexity index is 862. The molecule has 0 radical (unpaired) electrons. The molecule has 0 aliphatic carbocycles. The van der Waals surface area contributed by atoms with Crippen LogP contribution in [-0.4, -0.2) is 25.5 Å². The van der Waals surface area contributed by atoms with Gasteiger partial charge < -0.3 is 10.1 Å². The van der Waals surface area contributed by atoms with Crippen LogP contribution in [0.1, 0.15) is 31.8 Å². The number of hydrogen-bond donors (Lipinski definition) is 1. The van der Waals surface area contributed by atoms with E-state index in [1.54, 1.807) is 0 Å². The van der Waals surface area contributed by atoms with Crippen molar-refractivity contribution in [3.8, 4) is 11.8 Å². The topological polar surface area (TPSA) is 55.4 Å². The first-order valence-electron chi connectivity index (χ1n) is 7.44. The molecular weight excluding hydrogens is 347 g/mol. The van der Waals surface area contributed by atoms with Crippen molar-refractivity contribution in [3.05, 3.63) is 70.8 Å². The first-order chi connectivity index (χ1) is 12.3. The monoisotopic (exact) mass is 361 g/mol. The van der Waals surface area contributed by atoms with Crippen LogP contribution in [0.3, 0.4) is 0 Å². The number of nitrogens with one attached hydrogen (secondary N) is 1. The highest BCUT2D eigenvalue weighted by molar-refractivity contribution is 5.96. The average molecular weight is 361 g/mol. The third kappa shape index (κ3) is 4.86. The van der Waals surface area contributed by atoms with Crippen LogP contribution < -0.4 is 5.32 Å². The van der Waals surface area contributed by atoms with Gasteiger partial charge in [0.05, 0.1) is 24.8 Å². The van der Waals surface area contributed by atoms with Gasteiger partial charge in [0, 0.05) is 11.1 Å². The van der Waals surface area contributed by atoms with Crippen molar-refractivity contribution in [2.45, 2.75) is 6.18 Å². The number of benzene rings is 2. The van der Waals surface area contributed by atoms with Crippen LogP contribution in [0, 0.1) is 11.8 Å². The van der Waals surface area contributed by atoms with Gasteiger partial charge in [-0.2, -0.15) is 13.2 Å². The highest BCUT2D eigenvalue weighted by Crippen LogP contribution is 2.31. The molecule has 0 aliphatic rings. The van der Waals surface area contributed by atoms with Crippen LogP contribution in [0.4, 0.5) is 13.2 Å². The van der Waals surface area contributed by atoms with Crippen LogP contribution in [0.2, 0.25) is 0 Å². The van der Waals surface area contributed by atoms with Crippen molar-refractivity contribution in [2.24, 2.45) is 0 Å². The van der Waals surface area contributed by atoms with Gasteiger partial charge in [-0.05, 0) is 36.4 Å². The van der Waals surface area contributed by atoms with Crippen molar-refractivity contribution in [2.75, 3.05) is 13.7 Å². The molecule has 2 aromatic rings. The van der Waals surface area contributed by atoms with Crippen LogP contribution >= 0.6 is 0 Å². The molecule has 1 amide bonds. The summed E-state index contributed by atoms with van der Waals surface area (Å²) in [6.07, 6.45) is -4.49. The molecule has 26 heavy (non-hydrogen) atoms. The highest BCUT2D eigenvalue weighted by Gasteiger charge is 2.32. The zero-order valence-electron chi connectivity index (χ0n) is 13.7. The summed E-state index contributed by atoms with van der Waals surface area (Å²) in [4.78, 5) is 23.3. The summed E-state index contributed by atoms with van der Waals surface area (Å²) in [5.41, 5.74) is -0.392. The lowest BCUT2D eigenvalue weighted by atomic mass is 10.1. The van der Waals surface area contributed by atoms with Crippen LogP contribution in [0.25, 0.3) is 0 Å². The van der Waals surface area contributed by atoms with Gasteiger partial charge in [0.25, 0.3) is 5.91 Å². The van der Waals surface area contributed by atoms with E-state index in [-0.39, 0.29) is 17.7 Å². The van der Waals surface area contributed by atoms with E-state index in [1.165, 1.54) is 49.6 Å². The second kappa shape index (κ2) is 8.21. The van der Waals surface area contributed by atoms with Gasteiger partial charge in [0.1, 0.15) is 0 Å². The minimum Gasteiger partial charge on any atom is -0.465 e. The van der Waals surface area contributed by atoms with Crippen LogP contribution in [0.15, 0.2) is 48.5 Å². The normalized spacial score (nSPS) is 10.5. The van der Waals surface area contributed by atoms with Gasteiger partial charge in [-0.1, -0.05) is 24.0 Å². The molecule has 0 bridgehead atoms. The Hall–Kier alpha value is -3.27. The number of carbonyl (C=O) groups excluding carboxylic acids is 2. The largest absolute Gasteiger partial charge is 0.465 e. The Morgan fingerprint density at radius 1 is 1.04 bits per heavy atom. The van der Waals surface area contributed by atoms with E-state index in [4.69, 9.17) is 0 Å². The molecule has 0 spiro atoms. The van der Waals surface area contributed by atoms with E-state index in [2.05, 4.69) is 21.9 Å². The maximum atomic E-state index is 12.9. The van der Waals surface area contributed by atoms with E-state index in [0.717, 1.165) is 6.07 Å². The molecule has 0 aliphatic heterocycles. The fourth-order valence-corrected chi connectivity index (χ4v) is 2.08. The molecule has 0 aromatic heterocycles. The number of amides is 1. The predicted octanol–water partition coefficient (Wildman–Crippen LogP) is 3.27. The molecule has 134 valence electrons. The van der Waals surface area contributed by atoms with Gasteiger partial charge in [0.2, 0.25) is 0 Å². The number of hydrogen-bond acceptors (Lipinski definition) is 3. The lowest BCUT2D eigenvalue weighted by molar-refractivity contribution is -0.137. The molecular formula is C19H14F3NO3. The Morgan fingerprint density at radius 3 is 2.27 bits per heavy atom.